The summed E-state index contributed by atoms with van der Waals surface area (Å²) in [7, 11) is 1.61. The number of carbonyl (C=O) groups is 1. The third-order valence-corrected chi connectivity index (χ3v) is 3.57. The molecule has 0 aromatic carbocycles. The number of nitrogens with zero attached hydrogens (tertiary/aromatic N) is 2. The zero-order chi connectivity index (χ0) is 14.0. The van der Waals surface area contributed by atoms with E-state index >= 15 is 0 Å². The number of hydrogen-bond acceptors (Lipinski definition) is 4. The van der Waals surface area contributed by atoms with Gasteiger partial charge >= 0.3 is 0 Å². The number of rotatable bonds is 3. The fourth-order valence-corrected chi connectivity index (χ4v) is 2.45. The normalized spacial score (nSPS) is 23.1. The minimum Gasteiger partial charge on any atom is -0.346 e. The van der Waals surface area contributed by atoms with Gasteiger partial charge in [0, 0.05) is 25.2 Å². The highest BCUT2D eigenvalue weighted by Gasteiger charge is 2.25. The van der Waals surface area contributed by atoms with Crippen LogP contribution in [-0.2, 0) is 7.05 Å². The standard InChI is InChI=1S/C12H18N4O3/c1-15-7-8(16(18)19)6-11(15)12(17)14-10-5-3-2-4-9(10)13/h6-7,9-10H,2-5,13H2,1H3,(H,14,17). The summed E-state index contributed by atoms with van der Waals surface area (Å²) in [4.78, 5) is 22.3. The van der Waals surface area contributed by atoms with Crippen molar-refractivity contribution in [2.75, 3.05) is 0 Å². The van der Waals surface area contributed by atoms with E-state index in [-0.39, 0.29) is 29.4 Å². The van der Waals surface area contributed by atoms with E-state index in [0.717, 1.165) is 25.7 Å². The zero-order valence-electron chi connectivity index (χ0n) is 10.8. The molecule has 1 fully saturated rings. The molecule has 2 rings (SSSR count). The van der Waals surface area contributed by atoms with Gasteiger partial charge in [0.1, 0.15) is 5.69 Å². The first-order valence-corrected chi connectivity index (χ1v) is 6.36. The molecule has 1 aromatic rings. The van der Waals surface area contributed by atoms with Crippen molar-refractivity contribution in [3.05, 3.63) is 28.1 Å². The SMILES string of the molecule is Cn1cc([N+](=O)[O-])cc1C(=O)NC1CCCCC1N. The van der Waals surface area contributed by atoms with Gasteiger partial charge in [-0.05, 0) is 12.8 Å². The number of nitrogens with two attached hydrogens (primary N) is 1. The molecule has 1 saturated carbocycles. The maximum absolute atomic E-state index is 12.1. The van der Waals surface area contributed by atoms with E-state index in [0.29, 0.717) is 0 Å². The van der Waals surface area contributed by atoms with Crippen molar-refractivity contribution in [1.29, 1.82) is 0 Å². The molecule has 0 bridgehead atoms. The van der Waals surface area contributed by atoms with Gasteiger partial charge in [-0.25, -0.2) is 0 Å². The third-order valence-electron chi connectivity index (χ3n) is 3.57. The summed E-state index contributed by atoms with van der Waals surface area (Å²) in [5.41, 5.74) is 6.17. The van der Waals surface area contributed by atoms with Crippen LogP contribution in [0.1, 0.15) is 36.2 Å². The largest absolute Gasteiger partial charge is 0.346 e. The number of nitrogens with one attached hydrogen (secondary N) is 1. The highest BCUT2D eigenvalue weighted by molar-refractivity contribution is 5.93. The second-order valence-electron chi connectivity index (χ2n) is 4.98. The summed E-state index contributed by atoms with van der Waals surface area (Å²) in [6, 6.07) is 1.20. The van der Waals surface area contributed by atoms with Crippen LogP contribution in [-0.4, -0.2) is 27.5 Å². The van der Waals surface area contributed by atoms with Gasteiger partial charge < -0.3 is 15.6 Å². The first-order valence-electron chi connectivity index (χ1n) is 6.36. The van der Waals surface area contributed by atoms with Gasteiger partial charge in [0.25, 0.3) is 11.6 Å². The molecule has 0 aliphatic heterocycles. The van der Waals surface area contributed by atoms with E-state index in [2.05, 4.69) is 5.32 Å². The Labute approximate surface area is 110 Å². The highest BCUT2D eigenvalue weighted by atomic mass is 16.6. The minimum absolute atomic E-state index is 0.0343. The Balaban J connectivity index is 2.09. The molecule has 1 aliphatic carbocycles. The highest BCUT2D eigenvalue weighted by Crippen LogP contribution is 2.19. The summed E-state index contributed by atoms with van der Waals surface area (Å²) < 4.78 is 1.46. The molecule has 19 heavy (non-hydrogen) atoms. The van der Waals surface area contributed by atoms with Gasteiger partial charge in [0.2, 0.25) is 0 Å². The molecule has 7 heteroatoms. The first-order chi connectivity index (χ1) is 8.99. The number of amides is 1. The molecule has 0 saturated heterocycles. The first kappa shape index (κ1) is 13.5. The summed E-state index contributed by atoms with van der Waals surface area (Å²) in [6.45, 7) is 0. The molecule has 2 atom stereocenters. The average Bonchev–Trinajstić information content (AvgIpc) is 2.74. The number of aryl methyl sites for hydroxylation is 1. The molecule has 1 amide bonds. The summed E-state index contributed by atoms with van der Waals surface area (Å²) in [5.74, 6) is -0.307. The lowest BCUT2D eigenvalue weighted by Crippen LogP contribution is -2.49. The topological polar surface area (TPSA) is 103 Å². The molecule has 104 valence electrons. The lowest BCUT2D eigenvalue weighted by molar-refractivity contribution is -0.384. The van der Waals surface area contributed by atoms with Crippen LogP contribution in [0.2, 0.25) is 0 Å². The summed E-state index contributed by atoms with van der Waals surface area (Å²) in [5, 5.41) is 13.5. The van der Waals surface area contributed by atoms with Gasteiger partial charge in [-0.3, -0.25) is 14.9 Å². The predicted molar refractivity (Wildman–Crippen MR) is 69.8 cm³/mol. The van der Waals surface area contributed by atoms with E-state index < -0.39 is 4.92 Å². The summed E-state index contributed by atoms with van der Waals surface area (Å²) >= 11 is 0. The molecular formula is C12H18N4O3. The van der Waals surface area contributed by atoms with Crippen molar-refractivity contribution in [2.24, 2.45) is 12.8 Å². The van der Waals surface area contributed by atoms with E-state index in [4.69, 9.17) is 5.73 Å². The van der Waals surface area contributed by atoms with Crippen molar-refractivity contribution in [2.45, 2.75) is 37.8 Å². The van der Waals surface area contributed by atoms with Crippen molar-refractivity contribution in [1.82, 2.24) is 9.88 Å². The molecule has 1 aliphatic rings. The fourth-order valence-electron chi connectivity index (χ4n) is 2.45. The third kappa shape index (κ3) is 2.93. The van der Waals surface area contributed by atoms with Crippen molar-refractivity contribution < 1.29 is 9.72 Å². The molecular weight excluding hydrogens is 248 g/mol. The Morgan fingerprint density at radius 3 is 2.79 bits per heavy atom. The van der Waals surface area contributed by atoms with Crippen molar-refractivity contribution in [3.63, 3.8) is 0 Å². The van der Waals surface area contributed by atoms with Crippen LogP contribution >= 0.6 is 0 Å². The van der Waals surface area contributed by atoms with Crippen LogP contribution in [0, 0.1) is 10.1 Å². The van der Waals surface area contributed by atoms with Crippen molar-refractivity contribution in [3.8, 4) is 0 Å². The van der Waals surface area contributed by atoms with E-state index in [1.807, 2.05) is 0 Å². The molecule has 1 aromatic heterocycles. The number of hydrogen-bond donors (Lipinski definition) is 2. The monoisotopic (exact) mass is 266 g/mol. The second kappa shape index (κ2) is 5.40. The van der Waals surface area contributed by atoms with Crippen LogP contribution in [0.25, 0.3) is 0 Å². The smallest absolute Gasteiger partial charge is 0.287 e. The van der Waals surface area contributed by atoms with Crippen LogP contribution < -0.4 is 11.1 Å². The fraction of sp³-hybridized carbons (Fsp3) is 0.583. The van der Waals surface area contributed by atoms with Crippen LogP contribution in [0.5, 0.6) is 0 Å². The van der Waals surface area contributed by atoms with Crippen LogP contribution in [0.15, 0.2) is 12.3 Å². The van der Waals surface area contributed by atoms with Gasteiger partial charge in [-0.2, -0.15) is 0 Å². The molecule has 7 nitrogen and oxygen atoms in total. The van der Waals surface area contributed by atoms with E-state index in [9.17, 15) is 14.9 Å². The van der Waals surface area contributed by atoms with Crippen molar-refractivity contribution >= 4 is 11.6 Å². The van der Waals surface area contributed by atoms with Crippen LogP contribution in [0.4, 0.5) is 5.69 Å². The molecule has 1 heterocycles. The Bertz CT molecular complexity index is 497. The maximum atomic E-state index is 12.1. The zero-order valence-corrected chi connectivity index (χ0v) is 10.8. The van der Waals surface area contributed by atoms with Gasteiger partial charge in [0.15, 0.2) is 0 Å². The molecule has 3 N–H and O–H groups in total. The van der Waals surface area contributed by atoms with E-state index in [1.54, 1.807) is 7.05 Å². The van der Waals surface area contributed by atoms with Crippen LogP contribution in [0.3, 0.4) is 0 Å². The molecule has 0 spiro atoms. The van der Waals surface area contributed by atoms with E-state index in [1.165, 1.54) is 16.8 Å². The summed E-state index contributed by atoms with van der Waals surface area (Å²) in [6.07, 6.45) is 5.22. The van der Waals surface area contributed by atoms with Gasteiger partial charge in [0.05, 0.1) is 11.1 Å². The Kier molecular flexibility index (Phi) is 3.84. The van der Waals surface area contributed by atoms with Gasteiger partial charge in [-0.15, -0.1) is 0 Å². The number of carbonyl (C=O) groups excluding carboxylic acids is 1. The Morgan fingerprint density at radius 1 is 1.53 bits per heavy atom. The second-order valence-corrected chi connectivity index (χ2v) is 4.98. The minimum atomic E-state index is -0.511. The molecule has 0 radical (unpaired) electrons. The number of nitro groups is 1. The van der Waals surface area contributed by atoms with Gasteiger partial charge in [-0.1, -0.05) is 12.8 Å². The quantitative estimate of drug-likeness (QED) is 0.627. The number of aromatic nitrogens is 1. The predicted octanol–water partition coefficient (Wildman–Crippen LogP) is 0.933. The Hall–Kier alpha value is -1.89. The molecule has 2 unspecified atom stereocenters. The average molecular weight is 266 g/mol. The lowest BCUT2D eigenvalue weighted by atomic mass is 9.91. The maximum Gasteiger partial charge on any atom is 0.287 e. The Morgan fingerprint density at radius 2 is 2.21 bits per heavy atom. The lowest BCUT2D eigenvalue weighted by Gasteiger charge is -2.29.